The van der Waals surface area contributed by atoms with Crippen molar-refractivity contribution in [1.82, 2.24) is 0 Å². The van der Waals surface area contributed by atoms with E-state index in [-0.39, 0.29) is 18.1 Å². The number of rotatable bonds is 3. The van der Waals surface area contributed by atoms with Gasteiger partial charge in [0.2, 0.25) is 0 Å². The molecule has 3 heteroatoms. The van der Waals surface area contributed by atoms with E-state index in [9.17, 15) is 4.79 Å². The first-order valence-electron chi connectivity index (χ1n) is 3.13. The Morgan fingerprint density at radius 2 is 2.10 bits per heavy atom. The van der Waals surface area contributed by atoms with Crippen molar-refractivity contribution in [3.63, 3.8) is 0 Å². The average molecular weight is 144 g/mol. The Balaban J connectivity index is 4.27. The Morgan fingerprint density at radius 3 is 2.20 bits per heavy atom. The number of carbonyl (C=O) groups is 1. The van der Waals surface area contributed by atoms with Crippen LogP contribution in [0.3, 0.4) is 0 Å². The molecule has 0 aromatic carbocycles. The Labute approximate surface area is 60.0 Å². The zero-order valence-electron chi connectivity index (χ0n) is 6.16. The fraction of sp³-hybridized carbons (Fsp3) is 0.571. The summed E-state index contributed by atoms with van der Waals surface area (Å²) in [7, 11) is 0. The SMILES string of the molecule is CC(C)C(=CCO)C(=O)O. The number of hydrogen-bond acceptors (Lipinski definition) is 2. The van der Waals surface area contributed by atoms with E-state index in [0.29, 0.717) is 0 Å². The molecule has 0 saturated carbocycles. The summed E-state index contributed by atoms with van der Waals surface area (Å²) in [5.41, 5.74) is 0.266. The lowest BCUT2D eigenvalue weighted by molar-refractivity contribution is -0.133. The van der Waals surface area contributed by atoms with Crippen molar-refractivity contribution >= 4 is 5.97 Å². The largest absolute Gasteiger partial charge is 0.478 e. The van der Waals surface area contributed by atoms with E-state index in [0.717, 1.165) is 0 Å². The molecule has 58 valence electrons. The molecule has 0 saturated heterocycles. The molecule has 2 N–H and O–H groups in total. The maximum atomic E-state index is 10.4. The van der Waals surface area contributed by atoms with Gasteiger partial charge in [-0.3, -0.25) is 0 Å². The minimum Gasteiger partial charge on any atom is -0.478 e. The van der Waals surface area contributed by atoms with Crippen LogP contribution in [0.5, 0.6) is 0 Å². The monoisotopic (exact) mass is 144 g/mol. The van der Waals surface area contributed by atoms with E-state index in [4.69, 9.17) is 10.2 Å². The van der Waals surface area contributed by atoms with Gasteiger partial charge < -0.3 is 10.2 Å². The standard InChI is InChI=1S/C7H12O3/c1-5(2)6(3-4-8)7(9)10/h3,5,8H,4H2,1-2H3,(H,9,10). The summed E-state index contributed by atoms with van der Waals surface area (Å²) in [6, 6.07) is 0. The number of aliphatic hydroxyl groups excluding tert-OH is 1. The minimum absolute atomic E-state index is 0.0374. The fourth-order valence-electron chi connectivity index (χ4n) is 0.668. The lowest BCUT2D eigenvalue weighted by Crippen LogP contribution is -2.07. The molecule has 0 aliphatic heterocycles. The molecule has 0 aromatic rings. The second-order valence-corrected chi connectivity index (χ2v) is 2.30. The Morgan fingerprint density at radius 1 is 1.60 bits per heavy atom. The molecule has 0 atom stereocenters. The van der Waals surface area contributed by atoms with Gasteiger partial charge in [-0.05, 0) is 12.0 Å². The van der Waals surface area contributed by atoms with Crippen LogP contribution in [0, 0.1) is 5.92 Å². The Kier molecular flexibility index (Phi) is 3.72. The molecule has 3 nitrogen and oxygen atoms in total. The summed E-state index contributed by atoms with van der Waals surface area (Å²) in [6.07, 6.45) is 1.31. The second-order valence-electron chi connectivity index (χ2n) is 2.30. The van der Waals surface area contributed by atoms with Gasteiger partial charge in [-0.25, -0.2) is 4.79 Å². The summed E-state index contributed by atoms with van der Waals surface area (Å²) >= 11 is 0. The molecular weight excluding hydrogens is 132 g/mol. The molecule has 10 heavy (non-hydrogen) atoms. The zero-order chi connectivity index (χ0) is 8.15. The maximum Gasteiger partial charge on any atom is 0.331 e. The van der Waals surface area contributed by atoms with Crippen LogP contribution >= 0.6 is 0 Å². The van der Waals surface area contributed by atoms with Crippen LogP contribution in [0.4, 0.5) is 0 Å². The van der Waals surface area contributed by atoms with Gasteiger partial charge >= 0.3 is 5.97 Å². The number of aliphatic carboxylic acids is 1. The van der Waals surface area contributed by atoms with Crippen molar-refractivity contribution in [3.8, 4) is 0 Å². The van der Waals surface area contributed by atoms with E-state index < -0.39 is 5.97 Å². The van der Waals surface area contributed by atoms with Crippen LogP contribution in [0.25, 0.3) is 0 Å². The summed E-state index contributed by atoms with van der Waals surface area (Å²) in [4.78, 5) is 10.4. The van der Waals surface area contributed by atoms with E-state index in [1.807, 2.05) is 0 Å². The molecule has 0 aliphatic rings. The number of aliphatic hydroxyl groups is 1. The molecule has 0 rings (SSSR count). The quantitative estimate of drug-likeness (QED) is 0.571. The lowest BCUT2D eigenvalue weighted by atomic mass is 10.0. The highest BCUT2D eigenvalue weighted by Gasteiger charge is 2.09. The molecule has 0 heterocycles. The van der Waals surface area contributed by atoms with Gasteiger partial charge in [-0.1, -0.05) is 13.8 Å². The highest BCUT2D eigenvalue weighted by atomic mass is 16.4. The Bertz CT molecular complexity index is 147. The normalized spacial score (nSPS) is 12.2. The molecule has 0 spiro atoms. The van der Waals surface area contributed by atoms with Gasteiger partial charge in [0.15, 0.2) is 0 Å². The van der Waals surface area contributed by atoms with E-state index >= 15 is 0 Å². The fourth-order valence-corrected chi connectivity index (χ4v) is 0.668. The molecule has 0 radical (unpaired) electrons. The summed E-state index contributed by atoms with van der Waals surface area (Å²) in [5.74, 6) is -0.992. The van der Waals surface area contributed by atoms with Crippen molar-refractivity contribution < 1.29 is 15.0 Å². The average Bonchev–Trinajstić information content (AvgIpc) is 1.81. The predicted octanol–water partition coefficient (Wildman–Crippen LogP) is 0.646. The summed E-state index contributed by atoms with van der Waals surface area (Å²) < 4.78 is 0. The van der Waals surface area contributed by atoms with Crippen LogP contribution < -0.4 is 0 Å². The van der Waals surface area contributed by atoms with E-state index in [2.05, 4.69) is 0 Å². The second kappa shape index (κ2) is 4.06. The Hall–Kier alpha value is -0.830. The third-order valence-electron chi connectivity index (χ3n) is 1.18. The molecule has 0 fully saturated rings. The molecule has 0 aromatic heterocycles. The van der Waals surface area contributed by atoms with Gasteiger partial charge in [0.25, 0.3) is 0 Å². The highest BCUT2D eigenvalue weighted by molar-refractivity contribution is 5.86. The molecule has 0 aliphatic carbocycles. The topological polar surface area (TPSA) is 57.5 Å². The van der Waals surface area contributed by atoms with Gasteiger partial charge in [0.1, 0.15) is 0 Å². The van der Waals surface area contributed by atoms with E-state index in [1.54, 1.807) is 13.8 Å². The molecule has 0 bridgehead atoms. The maximum absolute atomic E-state index is 10.4. The third-order valence-corrected chi connectivity index (χ3v) is 1.18. The van der Waals surface area contributed by atoms with Gasteiger partial charge in [-0.2, -0.15) is 0 Å². The van der Waals surface area contributed by atoms with Crippen molar-refractivity contribution in [3.05, 3.63) is 11.6 Å². The smallest absolute Gasteiger partial charge is 0.331 e. The lowest BCUT2D eigenvalue weighted by Gasteiger charge is -2.03. The van der Waals surface area contributed by atoms with E-state index in [1.165, 1.54) is 6.08 Å². The van der Waals surface area contributed by atoms with Crippen molar-refractivity contribution in [2.24, 2.45) is 5.92 Å². The van der Waals surface area contributed by atoms with Crippen LogP contribution in [-0.2, 0) is 4.79 Å². The molecule has 0 amide bonds. The van der Waals surface area contributed by atoms with Crippen LogP contribution in [0.2, 0.25) is 0 Å². The minimum atomic E-state index is -0.955. The summed E-state index contributed by atoms with van der Waals surface area (Å²) in [6.45, 7) is 3.34. The molecule has 0 unspecified atom stereocenters. The van der Waals surface area contributed by atoms with Crippen LogP contribution in [0.1, 0.15) is 13.8 Å². The molecular formula is C7H12O3. The first-order valence-corrected chi connectivity index (χ1v) is 3.13. The van der Waals surface area contributed by atoms with Crippen molar-refractivity contribution in [1.29, 1.82) is 0 Å². The van der Waals surface area contributed by atoms with Crippen LogP contribution in [0.15, 0.2) is 11.6 Å². The highest BCUT2D eigenvalue weighted by Crippen LogP contribution is 2.08. The number of carboxylic acids is 1. The zero-order valence-corrected chi connectivity index (χ0v) is 6.16. The number of hydrogen-bond donors (Lipinski definition) is 2. The first-order chi connectivity index (χ1) is 4.59. The van der Waals surface area contributed by atoms with Crippen LogP contribution in [-0.4, -0.2) is 22.8 Å². The van der Waals surface area contributed by atoms with Gasteiger partial charge in [0.05, 0.1) is 6.61 Å². The number of carboxylic acid groups (broad SMARTS) is 1. The summed E-state index contributed by atoms with van der Waals surface area (Å²) in [5, 5.41) is 16.9. The first kappa shape index (κ1) is 9.17. The van der Waals surface area contributed by atoms with Gasteiger partial charge in [-0.15, -0.1) is 0 Å². The van der Waals surface area contributed by atoms with Gasteiger partial charge in [0, 0.05) is 5.57 Å². The van der Waals surface area contributed by atoms with Crippen molar-refractivity contribution in [2.45, 2.75) is 13.8 Å². The predicted molar refractivity (Wildman–Crippen MR) is 37.6 cm³/mol. The third kappa shape index (κ3) is 2.64. The van der Waals surface area contributed by atoms with Crippen molar-refractivity contribution in [2.75, 3.05) is 6.61 Å².